The van der Waals surface area contributed by atoms with Gasteiger partial charge in [0.2, 0.25) is 5.78 Å². The van der Waals surface area contributed by atoms with E-state index >= 15 is 0 Å². The van der Waals surface area contributed by atoms with Crippen LogP contribution in [-0.4, -0.2) is 29.4 Å². The number of unbranched alkanes of at least 4 members (excludes halogenated alkanes) is 2. The number of ketones is 1. The number of nitrogens with one attached hydrogen (secondary N) is 1. The van der Waals surface area contributed by atoms with Gasteiger partial charge in [-0.1, -0.05) is 6.07 Å². The first-order valence-corrected chi connectivity index (χ1v) is 6.71. The first kappa shape index (κ1) is 16.6. The largest absolute Gasteiger partial charge is 0.450 e. The fraction of sp³-hybridized carbons (Fsp3) is 0.429. The van der Waals surface area contributed by atoms with E-state index in [9.17, 15) is 14.4 Å². The normalized spacial score (nSPS) is 9.90. The van der Waals surface area contributed by atoms with Crippen molar-refractivity contribution in [2.75, 3.05) is 6.61 Å². The van der Waals surface area contributed by atoms with E-state index in [-0.39, 0.29) is 19.6 Å². The molecule has 0 saturated carbocycles. The van der Waals surface area contributed by atoms with Crippen LogP contribution in [0, 0.1) is 0 Å². The van der Waals surface area contributed by atoms with Crippen LogP contribution in [0.4, 0.5) is 4.79 Å². The van der Waals surface area contributed by atoms with Crippen molar-refractivity contribution in [1.29, 1.82) is 0 Å². The molecule has 0 aliphatic rings. The second kappa shape index (κ2) is 9.46. The topological polar surface area (TPSA) is 111 Å². The summed E-state index contributed by atoms with van der Waals surface area (Å²) in [5, 5.41) is 2.55. The number of rotatable bonds is 9. The summed E-state index contributed by atoms with van der Waals surface area (Å²) < 4.78 is 4.55. The Bertz CT molecular complexity index is 476. The highest BCUT2D eigenvalue weighted by molar-refractivity contribution is 6.36. The molecule has 0 bridgehead atoms. The van der Waals surface area contributed by atoms with Crippen LogP contribution in [0.3, 0.4) is 0 Å². The number of aromatic nitrogens is 1. The highest BCUT2D eigenvalue weighted by Crippen LogP contribution is 2.02. The maximum Gasteiger partial charge on any atom is 0.404 e. The third-order valence-corrected chi connectivity index (χ3v) is 2.72. The second-order valence-corrected chi connectivity index (χ2v) is 4.45. The van der Waals surface area contributed by atoms with Gasteiger partial charge in [0, 0.05) is 25.4 Å². The molecule has 1 aromatic rings. The van der Waals surface area contributed by atoms with Crippen LogP contribution in [-0.2, 0) is 20.9 Å². The highest BCUT2D eigenvalue weighted by atomic mass is 16.5. The number of carbonyl (C=O) groups is 3. The molecule has 0 spiro atoms. The number of amides is 2. The van der Waals surface area contributed by atoms with Crippen molar-refractivity contribution in [2.24, 2.45) is 5.73 Å². The molecular formula is C14H19N3O4. The fourth-order valence-electron chi connectivity index (χ4n) is 1.63. The zero-order valence-electron chi connectivity index (χ0n) is 11.7. The van der Waals surface area contributed by atoms with E-state index in [1.165, 1.54) is 0 Å². The van der Waals surface area contributed by atoms with E-state index in [0.717, 1.165) is 5.56 Å². The molecule has 7 nitrogen and oxygen atoms in total. The second-order valence-electron chi connectivity index (χ2n) is 4.45. The Hall–Kier alpha value is -2.44. The molecule has 0 atom stereocenters. The molecule has 0 saturated heterocycles. The molecule has 7 heteroatoms. The van der Waals surface area contributed by atoms with Crippen molar-refractivity contribution < 1.29 is 19.1 Å². The van der Waals surface area contributed by atoms with Crippen LogP contribution < -0.4 is 11.1 Å². The maximum absolute atomic E-state index is 11.6. The molecule has 1 rings (SSSR count). The molecule has 0 aromatic carbocycles. The summed E-state index contributed by atoms with van der Waals surface area (Å²) in [6.45, 7) is 0.515. The number of hydrogen-bond donors (Lipinski definition) is 2. The molecule has 0 aliphatic carbocycles. The van der Waals surface area contributed by atoms with E-state index < -0.39 is 17.8 Å². The van der Waals surface area contributed by atoms with Crippen LogP contribution in [0.15, 0.2) is 24.5 Å². The van der Waals surface area contributed by atoms with Gasteiger partial charge in [-0.15, -0.1) is 0 Å². The number of nitrogens with two attached hydrogens (primary N) is 1. The lowest BCUT2D eigenvalue weighted by Gasteiger charge is -2.04. The van der Waals surface area contributed by atoms with Crippen molar-refractivity contribution in [2.45, 2.75) is 32.2 Å². The quantitative estimate of drug-likeness (QED) is 0.519. The lowest BCUT2D eigenvalue weighted by atomic mass is 10.1. The van der Waals surface area contributed by atoms with Gasteiger partial charge in [0.25, 0.3) is 5.91 Å². The minimum Gasteiger partial charge on any atom is -0.450 e. The number of Topliss-reactive ketones (excluding diaryl/α,β-unsaturated/α-hetero) is 1. The van der Waals surface area contributed by atoms with Crippen LogP contribution in [0.25, 0.3) is 0 Å². The van der Waals surface area contributed by atoms with Crippen LogP contribution in [0.2, 0.25) is 0 Å². The van der Waals surface area contributed by atoms with E-state index in [1.54, 1.807) is 18.5 Å². The number of pyridine rings is 1. The summed E-state index contributed by atoms with van der Waals surface area (Å²) in [7, 11) is 0. The van der Waals surface area contributed by atoms with Gasteiger partial charge in [-0.25, -0.2) is 4.79 Å². The molecule has 3 N–H and O–H groups in total. The lowest BCUT2D eigenvalue weighted by molar-refractivity contribution is -0.138. The van der Waals surface area contributed by atoms with Gasteiger partial charge in [-0.2, -0.15) is 0 Å². The van der Waals surface area contributed by atoms with Crippen molar-refractivity contribution in [3.8, 4) is 0 Å². The van der Waals surface area contributed by atoms with Gasteiger partial charge in [0.15, 0.2) is 0 Å². The smallest absolute Gasteiger partial charge is 0.404 e. The predicted molar refractivity (Wildman–Crippen MR) is 75.1 cm³/mol. The standard InChI is InChI=1S/C14H19N3O4/c15-14(20)21-8-3-1-2-6-12(18)13(19)17-10-11-5-4-7-16-9-11/h4-5,7,9H,1-3,6,8,10H2,(H2,15,20)(H,17,19). The number of nitrogens with zero attached hydrogens (tertiary/aromatic N) is 1. The molecular weight excluding hydrogens is 274 g/mol. The van der Waals surface area contributed by atoms with Gasteiger partial charge in [-0.05, 0) is 30.9 Å². The Balaban J connectivity index is 2.11. The van der Waals surface area contributed by atoms with Crippen LogP contribution in [0.5, 0.6) is 0 Å². The zero-order valence-corrected chi connectivity index (χ0v) is 11.7. The molecule has 0 radical (unpaired) electrons. The first-order valence-electron chi connectivity index (χ1n) is 6.71. The summed E-state index contributed by atoms with van der Waals surface area (Å²) in [6.07, 6.45) is 4.52. The number of hydrogen-bond acceptors (Lipinski definition) is 5. The van der Waals surface area contributed by atoms with Crippen molar-refractivity contribution >= 4 is 17.8 Å². The van der Waals surface area contributed by atoms with Gasteiger partial charge >= 0.3 is 6.09 Å². The van der Waals surface area contributed by atoms with E-state index in [4.69, 9.17) is 5.73 Å². The van der Waals surface area contributed by atoms with Gasteiger partial charge in [0.1, 0.15) is 0 Å². The molecule has 2 amide bonds. The lowest BCUT2D eigenvalue weighted by Crippen LogP contribution is -2.30. The Kier molecular flexibility index (Phi) is 7.49. The minimum absolute atomic E-state index is 0.176. The summed E-state index contributed by atoms with van der Waals surface area (Å²) in [5.41, 5.74) is 5.64. The SMILES string of the molecule is NC(=O)OCCCCCC(=O)C(=O)NCc1cccnc1. The molecule has 1 heterocycles. The fourth-order valence-corrected chi connectivity index (χ4v) is 1.63. The number of ether oxygens (including phenoxy) is 1. The molecule has 1 aromatic heterocycles. The van der Waals surface area contributed by atoms with Crippen molar-refractivity contribution in [3.05, 3.63) is 30.1 Å². The Labute approximate surface area is 122 Å². The third-order valence-electron chi connectivity index (χ3n) is 2.72. The van der Waals surface area contributed by atoms with E-state index in [1.807, 2.05) is 6.07 Å². The number of primary amides is 1. The Morgan fingerprint density at radius 2 is 2.05 bits per heavy atom. The van der Waals surface area contributed by atoms with E-state index in [0.29, 0.717) is 19.3 Å². The third kappa shape index (κ3) is 7.66. The average Bonchev–Trinajstić information content (AvgIpc) is 2.48. The predicted octanol–water partition coefficient (Wildman–Crippen LogP) is 0.923. The summed E-state index contributed by atoms with van der Waals surface area (Å²) in [5.74, 6) is -1.04. The van der Waals surface area contributed by atoms with Crippen molar-refractivity contribution in [1.82, 2.24) is 10.3 Å². The maximum atomic E-state index is 11.6. The van der Waals surface area contributed by atoms with Gasteiger partial charge in [-0.3, -0.25) is 14.6 Å². The Morgan fingerprint density at radius 3 is 2.71 bits per heavy atom. The van der Waals surface area contributed by atoms with E-state index in [2.05, 4.69) is 15.0 Å². The monoisotopic (exact) mass is 293 g/mol. The Morgan fingerprint density at radius 1 is 1.24 bits per heavy atom. The van der Waals surface area contributed by atoms with Crippen molar-refractivity contribution in [3.63, 3.8) is 0 Å². The molecule has 21 heavy (non-hydrogen) atoms. The summed E-state index contributed by atoms with van der Waals surface area (Å²) in [6, 6.07) is 3.58. The number of carbonyl (C=O) groups excluding carboxylic acids is 3. The first-order chi connectivity index (χ1) is 10.1. The summed E-state index contributed by atoms with van der Waals surface area (Å²) >= 11 is 0. The zero-order chi connectivity index (χ0) is 15.5. The minimum atomic E-state index is -0.805. The summed E-state index contributed by atoms with van der Waals surface area (Å²) in [4.78, 5) is 37.4. The van der Waals surface area contributed by atoms with Crippen LogP contribution in [0.1, 0.15) is 31.2 Å². The van der Waals surface area contributed by atoms with Crippen LogP contribution >= 0.6 is 0 Å². The van der Waals surface area contributed by atoms with Gasteiger partial charge in [0.05, 0.1) is 6.61 Å². The molecule has 114 valence electrons. The molecule has 0 unspecified atom stereocenters. The average molecular weight is 293 g/mol. The molecule has 0 aliphatic heterocycles. The molecule has 0 fully saturated rings. The highest BCUT2D eigenvalue weighted by Gasteiger charge is 2.12. The van der Waals surface area contributed by atoms with Gasteiger partial charge < -0.3 is 15.8 Å².